The van der Waals surface area contributed by atoms with Gasteiger partial charge in [0.25, 0.3) is 0 Å². The Hall–Kier alpha value is -1.16. The average molecular weight is 322 g/mol. The molecule has 0 aromatic heterocycles. The molecule has 0 bridgehead atoms. The lowest BCUT2D eigenvalue weighted by molar-refractivity contribution is 0.403. The fourth-order valence-electron chi connectivity index (χ4n) is 2.20. The third kappa shape index (κ3) is 4.67. The summed E-state index contributed by atoms with van der Waals surface area (Å²) in [5, 5.41) is 4.30. The van der Waals surface area contributed by atoms with Gasteiger partial charge in [-0.25, -0.2) is 0 Å². The van der Waals surface area contributed by atoms with Gasteiger partial charge in [-0.2, -0.15) is 0 Å². The van der Waals surface area contributed by atoms with Gasteiger partial charge in [-0.05, 0) is 30.8 Å². The fraction of sp³-hybridized carbons (Fsp3) is 0.294. The molecule has 21 heavy (non-hydrogen) atoms. The van der Waals surface area contributed by atoms with Crippen LogP contribution >= 0.6 is 23.4 Å². The number of rotatable bonds is 7. The Kier molecular flexibility index (Phi) is 6.43. The minimum Gasteiger partial charge on any atom is -0.496 e. The molecule has 0 aliphatic heterocycles. The molecule has 0 heterocycles. The fourth-order valence-corrected chi connectivity index (χ4v) is 3.49. The maximum Gasteiger partial charge on any atom is 0.123 e. The van der Waals surface area contributed by atoms with E-state index in [4.69, 9.17) is 16.3 Å². The lowest BCUT2D eigenvalue weighted by Gasteiger charge is -2.20. The summed E-state index contributed by atoms with van der Waals surface area (Å²) in [6.45, 7) is 3.03. The summed E-state index contributed by atoms with van der Waals surface area (Å²) in [5.41, 5.74) is 1.19. The second-order valence-electron chi connectivity index (χ2n) is 4.62. The van der Waals surface area contributed by atoms with Crippen LogP contribution in [-0.4, -0.2) is 19.4 Å². The van der Waals surface area contributed by atoms with Crippen LogP contribution in [0.15, 0.2) is 53.4 Å². The van der Waals surface area contributed by atoms with Gasteiger partial charge < -0.3 is 10.1 Å². The highest BCUT2D eigenvalue weighted by Crippen LogP contribution is 2.30. The predicted molar refractivity (Wildman–Crippen MR) is 91.6 cm³/mol. The molecule has 0 aliphatic carbocycles. The van der Waals surface area contributed by atoms with Crippen molar-refractivity contribution in [2.24, 2.45) is 0 Å². The summed E-state index contributed by atoms with van der Waals surface area (Å²) in [4.78, 5) is 1.18. The number of nitrogens with one attached hydrogen (secondary N) is 1. The van der Waals surface area contributed by atoms with E-state index >= 15 is 0 Å². The largest absolute Gasteiger partial charge is 0.496 e. The van der Waals surface area contributed by atoms with Crippen molar-refractivity contribution >= 4 is 23.4 Å². The van der Waals surface area contributed by atoms with Crippen LogP contribution in [0.4, 0.5) is 0 Å². The molecule has 2 rings (SSSR count). The Morgan fingerprint density at radius 3 is 2.71 bits per heavy atom. The Morgan fingerprint density at radius 1 is 1.19 bits per heavy atom. The van der Waals surface area contributed by atoms with Crippen molar-refractivity contribution < 1.29 is 4.74 Å². The maximum absolute atomic E-state index is 6.04. The number of thioether (sulfide) groups is 1. The summed E-state index contributed by atoms with van der Waals surface area (Å²) in [5.74, 6) is 1.85. The Labute approximate surface area is 135 Å². The summed E-state index contributed by atoms with van der Waals surface area (Å²) in [7, 11) is 1.71. The molecule has 0 radical (unpaired) electrons. The van der Waals surface area contributed by atoms with Gasteiger partial charge in [-0.3, -0.25) is 0 Å². The molecule has 4 heteroatoms. The molecule has 112 valence electrons. The summed E-state index contributed by atoms with van der Waals surface area (Å²) < 4.78 is 5.47. The van der Waals surface area contributed by atoms with Crippen molar-refractivity contribution in [2.45, 2.75) is 17.9 Å². The van der Waals surface area contributed by atoms with Crippen molar-refractivity contribution in [3.8, 4) is 5.75 Å². The number of ether oxygens (including phenoxy) is 1. The number of para-hydroxylation sites is 1. The first-order valence-electron chi connectivity index (χ1n) is 6.99. The van der Waals surface area contributed by atoms with Gasteiger partial charge in [0.05, 0.1) is 7.11 Å². The second kappa shape index (κ2) is 8.32. The van der Waals surface area contributed by atoms with Gasteiger partial charge in [0, 0.05) is 27.3 Å². The summed E-state index contributed by atoms with van der Waals surface area (Å²) in [6.07, 6.45) is 0. The predicted octanol–water partition coefficient (Wildman–Crippen LogP) is 4.79. The number of hydrogen-bond acceptors (Lipinski definition) is 3. The number of methoxy groups -OCH3 is 1. The number of hydrogen-bond donors (Lipinski definition) is 1. The first-order chi connectivity index (χ1) is 10.2. The van der Waals surface area contributed by atoms with E-state index in [1.165, 1.54) is 10.5 Å². The summed E-state index contributed by atoms with van der Waals surface area (Å²) in [6, 6.07) is 16.4. The maximum atomic E-state index is 6.04. The molecule has 0 spiro atoms. The molecule has 0 fully saturated rings. The van der Waals surface area contributed by atoms with E-state index < -0.39 is 0 Å². The normalized spacial score (nSPS) is 12.1. The lowest BCUT2D eigenvalue weighted by atomic mass is 10.1. The highest BCUT2D eigenvalue weighted by Gasteiger charge is 2.15. The molecule has 1 N–H and O–H groups in total. The molecule has 0 aliphatic rings. The van der Waals surface area contributed by atoms with Crippen LogP contribution in [0.25, 0.3) is 0 Å². The van der Waals surface area contributed by atoms with Crippen LogP contribution in [0.1, 0.15) is 18.5 Å². The van der Waals surface area contributed by atoms with Crippen molar-refractivity contribution in [3.63, 3.8) is 0 Å². The quantitative estimate of drug-likeness (QED) is 0.741. The lowest BCUT2D eigenvalue weighted by Crippen LogP contribution is -2.23. The molecule has 2 nitrogen and oxygen atoms in total. The van der Waals surface area contributed by atoms with Crippen LogP contribution in [0.5, 0.6) is 5.75 Å². The first-order valence-corrected chi connectivity index (χ1v) is 8.35. The molecule has 0 amide bonds. The van der Waals surface area contributed by atoms with Crippen LogP contribution < -0.4 is 10.1 Å². The van der Waals surface area contributed by atoms with Crippen molar-refractivity contribution in [3.05, 3.63) is 59.1 Å². The third-order valence-corrected chi connectivity index (χ3v) is 4.50. The highest BCUT2D eigenvalue weighted by molar-refractivity contribution is 7.99. The topological polar surface area (TPSA) is 21.3 Å². The molecule has 0 saturated carbocycles. The molecule has 1 unspecified atom stereocenters. The molecular formula is C17H20ClNOS. The highest BCUT2D eigenvalue weighted by atomic mass is 35.5. The average Bonchev–Trinajstić information content (AvgIpc) is 2.51. The van der Waals surface area contributed by atoms with Crippen LogP contribution in [0, 0.1) is 0 Å². The van der Waals surface area contributed by atoms with Gasteiger partial charge in [-0.15, -0.1) is 11.8 Å². The van der Waals surface area contributed by atoms with E-state index in [2.05, 4.69) is 24.4 Å². The zero-order valence-electron chi connectivity index (χ0n) is 12.3. The van der Waals surface area contributed by atoms with Crippen LogP contribution in [0.2, 0.25) is 5.02 Å². The van der Waals surface area contributed by atoms with Gasteiger partial charge in [0.2, 0.25) is 0 Å². The first kappa shape index (κ1) is 16.2. The smallest absolute Gasteiger partial charge is 0.123 e. The van der Waals surface area contributed by atoms with E-state index in [1.807, 2.05) is 36.4 Å². The standard InChI is InChI=1S/C17H20ClNOS/c1-3-19-16(15-9-4-5-10-17(15)20-2)12-21-14-8-6-7-13(18)11-14/h4-11,16,19H,3,12H2,1-2H3. The van der Waals surface area contributed by atoms with Crippen LogP contribution in [0.3, 0.4) is 0 Å². The number of benzene rings is 2. The van der Waals surface area contributed by atoms with E-state index in [1.54, 1.807) is 18.9 Å². The van der Waals surface area contributed by atoms with Crippen LogP contribution in [-0.2, 0) is 0 Å². The Balaban J connectivity index is 2.12. The van der Waals surface area contributed by atoms with Gasteiger partial charge >= 0.3 is 0 Å². The molecule has 0 saturated heterocycles. The monoisotopic (exact) mass is 321 g/mol. The molecule has 2 aromatic carbocycles. The Bertz CT molecular complexity index is 576. The third-order valence-electron chi connectivity index (χ3n) is 3.18. The van der Waals surface area contributed by atoms with Crippen molar-refractivity contribution in [1.29, 1.82) is 0 Å². The second-order valence-corrected chi connectivity index (χ2v) is 6.15. The zero-order valence-corrected chi connectivity index (χ0v) is 13.9. The van der Waals surface area contributed by atoms with Gasteiger partial charge in [-0.1, -0.05) is 42.8 Å². The van der Waals surface area contributed by atoms with E-state index in [9.17, 15) is 0 Å². The van der Waals surface area contributed by atoms with E-state index in [0.29, 0.717) is 0 Å². The molecule has 1 atom stereocenters. The zero-order chi connectivity index (χ0) is 15.1. The van der Waals surface area contributed by atoms with E-state index in [0.717, 1.165) is 23.1 Å². The van der Waals surface area contributed by atoms with Gasteiger partial charge in [0.1, 0.15) is 5.75 Å². The van der Waals surface area contributed by atoms with Crippen molar-refractivity contribution in [2.75, 3.05) is 19.4 Å². The Morgan fingerprint density at radius 2 is 2.00 bits per heavy atom. The minimum atomic E-state index is 0.245. The number of halogens is 1. The SMILES string of the molecule is CCNC(CSc1cccc(Cl)c1)c1ccccc1OC. The van der Waals surface area contributed by atoms with Gasteiger partial charge in [0.15, 0.2) is 0 Å². The van der Waals surface area contributed by atoms with Crippen molar-refractivity contribution in [1.82, 2.24) is 5.32 Å². The minimum absolute atomic E-state index is 0.245. The van der Waals surface area contributed by atoms with E-state index in [-0.39, 0.29) is 6.04 Å². The molecular weight excluding hydrogens is 302 g/mol. The summed E-state index contributed by atoms with van der Waals surface area (Å²) >= 11 is 7.83. The molecule has 2 aromatic rings.